The second-order valence-corrected chi connectivity index (χ2v) is 4.66. The Hall–Kier alpha value is -1.56. The number of halogens is 3. The molecule has 0 aromatic carbocycles. The van der Waals surface area contributed by atoms with E-state index in [1.54, 1.807) is 12.3 Å². The first-order valence-electron chi connectivity index (χ1n) is 6.10. The Kier molecular flexibility index (Phi) is 3.80. The van der Waals surface area contributed by atoms with Crippen LogP contribution in [0.3, 0.4) is 0 Å². The number of anilines is 1. The molecule has 2 N–H and O–H groups in total. The summed E-state index contributed by atoms with van der Waals surface area (Å²) in [6, 6.07) is 3.56. The summed E-state index contributed by atoms with van der Waals surface area (Å²) in [6.07, 6.45) is -1.31. The molecule has 2 rings (SSSR count). The molecule has 0 aliphatic carbocycles. The predicted molar refractivity (Wildman–Crippen MR) is 67.8 cm³/mol. The molecule has 6 heteroatoms. The molecule has 104 valence electrons. The minimum Gasteiger partial charge on any atom is -0.353 e. The van der Waals surface area contributed by atoms with Crippen molar-refractivity contribution in [2.45, 2.75) is 25.6 Å². The number of nitrogens with zero attached hydrogens (tertiary/aromatic N) is 2. The van der Waals surface area contributed by atoms with Gasteiger partial charge in [0.05, 0.1) is 0 Å². The van der Waals surface area contributed by atoms with Crippen molar-refractivity contribution in [2.24, 2.45) is 5.73 Å². The van der Waals surface area contributed by atoms with Crippen LogP contribution in [-0.4, -0.2) is 24.2 Å². The minimum atomic E-state index is -4.21. The van der Waals surface area contributed by atoms with Gasteiger partial charge in [0.15, 0.2) is 0 Å². The van der Waals surface area contributed by atoms with Gasteiger partial charge in [-0.3, -0.25) is 0 Å². The summed E-state index contributed by atoms with van der Waals surface area (Å²) in [5.41, 5.74) is 6.18. The van der Waals surface area contributed by atoms with Crippen LogP contribution in [0.25, 0.3) is 0 Å². The van der Waals surface area contributed by atoms with Crippen LogP contribution in [0.2, 0.25) is 0 Å². The molecule has 0 saturated heterocycles. The van der Waals surface area contributed by atoms with Gasteiger partial charge in [-0.15, -0.1) is 0 Å². The van der Waals surface area contributed by atoms with Gasteiger partial charge in [-0.05, 0) is 25.0 Å². The molecule has 1 aromatic rings. The van der Waals surface area contributed by atoms with Gasteiger partial charge >= 0.3 is 6.18 Å². The lowest BCUT2D eigenvalue weighted by atomic mass is 10.1. The molecule has 1 atom stereocenters. The van der Waals surface area contributed by atoms with E-state index < -0.39 is 11.7 Å². The predicted octanol–water partition coefficient (Wildman–Crippen LogP) is 2.80. The molecule has 0 spiro atoms. The monoisotopic (exact) mass is 271 g/mol. The summed E-state index contributed by atoms with van der Waals surface area (Å²) >= 11 is 0. The van der Waals surface area contributed by atoms with Crippen LogP contribution in [0, 0.1) is 0 Å². The van der Waals surface area contributed by atoms with E-state index in [4.69, 9.17) is 5.73 Å². The molecule has 1 aromatic heterocycles. The summed E-state index contributed by atoms with van der Waals surface area (Å²) in [7, 11) is 0. The van der Waals surface area contributed by atoms with Crippen molar-refractivity contribution in [1.82, 2.24) is 4.98 Å². The van der Waals surface area contributed by atoms with Gasteiger partial charge in [-0.25, -0.2) is 4.98 Å². The average molecular weight is 271 g/mol. The third-order valence-electron chi connectivity index (χ3n) is 3.19. The van der Waals surface area contributed by atoms with E-state index in [0.29, 0.717) is 12.4 Å². The van der Waals surface area contributed by atoms with Gasteiger partial charge in [0.2, 0.25) is 0 Å². The van der Waals surface area contributed by atoms with E-state index in [1.807, 2.05) is 17.9 Å². The number of hydrogen-bond acceptors (Lipinski definition) is 3. The lowest BCUT2D eigenvalue weighted by Crippen LogP contribution is -2.32. The third-order valence-corrected chi connectivity index (χ3v) is 3.19. The average Bonchev–Trinajstić information content (AvgIpc) is 2.38. The van der Waals surface area contributed by atoms with Crippen LogP contribution in [0.15, 0.2) is 30.0 Å². The first kappa shape index (κ1) is 13.9. The van der Waals surface area contributed by atoms with Gasteiger partial charge in [-0.2, -0.15) is 13.2 Å². The lowest BCUT2D eigenvalue weighted by molar-refractivity contribution is -0.0944. The van der Waals surface area contributed by atoms with E-state index in [1.165, 1.54) is 6.08 Å². The molecule has 1 aliphatic rings. The second kappa shape index (κ2) is 5.21. The van der Waals surface area contributed by atoms with Crippen molar-refractivity contribution >= 4 is 5.82 Å². The van der Waals surface area contributed by atoms with Gasteiger partial charge in [0.1, 0.15) is 5.82 Å². The molecule has 0 amide bonds. The van der Waals surface area contributed by atoms with Crippen molar-refractivity contribution in [2.75, 3.05) is 18.0 Å². The maximum Gasteiger partial charge on any atom is 0.412 e. The zero-order chi connectivity index (χ0) is 14.0. The molecule has 0 fully saturated rings. The van der Waals surface area contributed by atoms with Gasteiger partial charge in [-0.1, -0.05) is 12.1 Å². The summed E-state index contributed by atoms with van der Waals surface area (Å²) in [5.74, 6) is 0.682. The number of alkyl halides is 3. The zero-order valence-corrected chi connectivity index (χ0v) is 10.6. The number of rotatable bonds is 2. The van der Waals surface area contributed by atoms with Crippen molar-refractivity contribution in [3.8, 4) is 0 Å². The van der Waals surface area contributed by atoms with Crippen LogP contribution in [-0.2, 0) is 0 Å². The first-order valence-corrected chi connectivity index (χ1v) is 6.10. The van der Waals surface area contributed by atoms with Crippen LogP contribution in [0.5, 0.6) is 0 Å². The number of aromatic nitrogens is 1. The summed E-state index contributed by atoms with van der Waals surface area (Å²) < 4.78 is 37.5. The molecule has 0 saturated carbocycles. The molecule has 3 nitrogen and oxygen atoms in total. The summed E-state index contributed by atoms with van der Waals surface area (Å²) in [4.78, 5) is 6.07. The fourth-order valence-electron chi connectivity index (χ4n) is 1.99. The maximum absolute atomic E-state index is 12.5. The molecular formula is C13H16F3N3. The molecule has 0 bridgehead atoms. The standard InChI is InChI=1S/C13H16F3N3/c1-9(17)10-2-3-12(18-8-10)19-6-4-11(5-7-19)13(14,15)16/h2-4,8-9H,5-7,17H2,1H3/t9-/m0/s1. The highest BCUT2D eigenvalue weighted by molar-refractivity contribution is 5.42. The topological polar surface area (TPSA) is 42.1 Å². The smallest absolute Gasteiger partial charge is 0.353 e. The van der Waals surface area contributed by atoms with E-state index in [2.05, 4.69) is 4.98 Å². The highest BCUT2D eigenvalue weighted by Gasteiger charge is 2.34. The Morgan fingerprint density at radius 2 is 2.11 bits per heavy atom. The number of pyridine rings is 1. The van der Waals surface area contributed by atoms with Crippen molar-refractivity contribution in [3.05, 3.63) is 35.5 Å². The number of hydrogen-bond donors (Lipinski definition) is 1. The van der Waals surface area contributed by atoms with E-state index >= 15 is 0 Å². The lowest BCUT2D eigenvalue weighted by Gasteiger charge is -2.28. The third kappa shape index (κ3) is 3.26. The molecule has 0 unspecified atom stereocenters. The Morgan fingerprint density at radius 1 is 1.37 bits per heavy atom. The fourth-order valence-corrected chi connectivity index (χ4v) is 1.99. The van der Waals surface area contributed by atoms with Crippen LogP contribution in [0.4, 0.5) is 19.0 Å². The fraction of sp³-hybridized carbons (Fsp3) is 0.462. The Bertz CT molecular complexity index is 463. The summed E-state index contributed by atoms with van der Waals surface area (Å²) in [6.45, 7) is 2.42. The molecule has 1 aliphatic heterocycles. The Labute approximate surface area is 109 Å². The Morgan fingerprint density at radius 3 is 2.53 bits per heavy atom. The van der Waals surface area contributed by atoms with Crippen LogP contribution < -0.4 is 10.6 Å². The van der Waals surface area contributed by atoms with Crippen LogP contribution in [0.1, 0.15) is 24.9 Å². The van der Waals surface area contributed by atoms with Crippen molar-refractivity contribution in [1.29, 1.82) is 0 Å². The highest BCUT2D eigenvalue weighted by atomic mass is 19.4. The van der Waals surface area contributed by atoms with Crippen molar-refractivity contribution in [3.63, 3.8) is 0 Å². The summed E-state index contributed by atoms with van der Waals surface area (Å²) in [5, 5.41) is 0. The van der Waals surface area contributed by atoms with E-state index in [9.17, 15) is 13.2 Å². The quantitative estimate of drug-likeness (QED) is 0.841. The van der Waals surface area contributed by atoms with E-state index in [-0.39, 0.29) is 19.0 Å². The zero-order valence-electron chi connectivity index (χ0n) is 10.6. The SMILES string of the molecule is C[C@H](N)c1ccc(N2CC=C(C(F)(F)F)CC2)nc1. The minimum absolute atomic E-state index is 0.000221. The normalized spacial score (nSPS) is 18.2. The Balaban J connectivity index is 2.07. The molecule has 2 heterocycles. The molecule has 0 radical (unpaired) electrons. The van der Waals surface area contributed by atoms with Crippen molar-refractivity contribution < 1.29 is 13.2 Å². The molecular weight excluding hydrogens is 255 g/mol. The first-order chi connectivity index (χ1) is 8.88. The van der Waals surface area contributed by atoms with E-state index in [0.717, 1.165) is 5.56 Å². The van der Waals surface area contributed by atoms with Crippen LogP contribution >= 0.6 is 0 Å². The van der Waals surface area contributed by atoms with Gasteiger partial charge in [0.25, 0.3) is 0 Å². The highest BCUT2D eigenvalue weighted by Crippen LogP contribution is 2.31. The molecule has 19 heavy (non-hydrogen) atoms. The second-order valence-electron chi connectivity index (χ2n) is 4.66. The largest absolute Gasteiger partial charge is 0.412 e. The maximum atomic E-state index is 12.5. The number of nitrogens with two attached hydrogens (primary N) is 1. The van der Waals surface area contributed by atoms with Gasteiger partial charge in [0, 0.05) is 30.9 Å². The van der Waals surface area contributed by atoms with Gasteiger partial charge < -0.3 is 10.6 Å².